The minimum absolute atomic E-state index is 0.101. The molecule has 2 rings (SSSR count). The molecular weight excluding hydrogens is 372 g/mol. The van der Waals surface area contributed by atoms with Crippen LogP contribution in [-0.4, -0.2) is 39.2 Å². The van der Waals surface area contributed by atoms with E-state index in [0.717, 1.165) is 5.56 Å². The smallest absolute Gasteiger partial charge is 0.251 e. The summed E-state index contributed by atoms with van der Waals surface area (Å²) >= 11 is 0. The maximum atomic E-state index is 12.6. The quantitative estimate of drug-likeness (QED) is 0.596. The van der Waals surface area contributed by atoms with Crippen molar-refractivity contribution >= 4 is 17.5 Å². The van der Waals surface area contributed by atoms with E-state index in [1.807, 2.05) is 25.1 Å². The third kappa shape index (κ3) is 6.50. The molecule has 0 radical (unpaired) electrons. The molecule has 0 aliphatic heterocycles. The van der Waals surface area contributed by atoms with Gasteiger partial charge in [0, 0.05) is 24.8 Å². The van der Waals surface area contributed by atoms with Gasteiger partial charge in [-0.1, -0.05) is 19.1 Å². The summed E-state index contributed by atoms with van der Waals surface area (Å²) in [6.45, 7) is 4.56. The first-order valence-corrected chi connectivity index (χ1v) is 9.49. The second kappa shape index (κ2) is 11.1. The highest BCUT2D eigenvalue weighted by molar-refractivity contribution is 5.97. The van der Waals surface area contributed by atoms with Crippen LogP contribution in [0.25, 0.3) is 0 Å². The molecule has 29 heavy (non-hydrogen) atoms. The lowest BCUT2D eigenvalue weighted by Crippen LogP contribution is -2.26. The Labute approximate surface area is 171 Å². The van der Waals surface area contributed by atoms with Gasteiger partial charge in [0.25, 0.3) is 5.91 Å². The van der Waals surface area contributed by atoms with Crippen molar-refractivity contribution in [3.05, 3.63) is 53.6 Å². The fourth-order valence-corrected chi connectivity index (χ4v) is 2.66. The predicted molar refractivity (Wildman–Crippen MR) is 112 cm³/mol. The van der Waals surface area contributed by atoms with E-state index in [1.54, 1.807) is 45.4 Å². The summed E-state index contributed by atoms with van der Waals surface area (Å²) in [5.74, 6) is 0.871. The van der Waals surface area contributed by atoms with Crippen molar-refractivity contribution in [2.24, 2.45) is 0 Å². The van der Waals surface area contributed by atoms with Gasteiger partial charge in [0.05, 0.1) is 19.8 Å². The molecule has 0 aromatic heterocycles. The van der Waals surface area contributed by atoms with Crippen molar-refractivity contribution in [1.82, 2.24) is 5.32 Å². The van der Waals surface area contributed by atoms with Crippen LogP contribution < -0.4 is 20.1 Å². The monoisotopic (exact) mass is 400 g/mol. The highest BCUT2D eigenvalue weighted by Crippen LogP contribution is 2.30. The highest BCUT2D eigenvalue weighted by atomic mass is 16.5. The van der Waals surface area contributed by atoms with Gasteiger partial charge in [0.1, 0.15) is 6.61 Å². The molecule has 0 aliphatic rings. The zero-order valence-corrected chi connectivity index (χ0v) is 17.3. The molecule has 1 unspecified atom stereocenters. The van der Waals surface area contributed by atoms with Gasteiger partial charge >= 0.3 is 0 Å². The standard InChI is InChI=1S/C22H28N2O5/c1-5-21(25)24-18-8-6-7-17(13-18)22(26)23-15(2)16-9-10-19(20(14-16)28-4)29-12-11-27-3/h6-10,13-15H,5,11-12H2,1-4H3,(H,23,26)(H,24,25). The fourth-order valence-electron chi connectivity index (χ4n) is 2.66. The number of carbonyl (C=O) groups excluding carboxylic acids is 2. The number of ether oxygens (including phenoxy) is 3. The predicted octanol–water partition coefficient (Wildman–Crippen LogP) is 3.56. The highest BCUT2D eigenvalue weighted by Gasteiger charge is 2.15. The summed E-state index contributed by atoms with van der Waals surface area (Å²) in [4.78, 5) is 24.2. The molecule has 0 saturated carbocycles. The van der Waals surface area contributed by atoms with Crippen LogP contribution in [0.3, 0.4) is 0 Å². The lowest BCUT2D eigenvalue weighted by atomic mass is 10.1. The van der Waals surface area contributed by atoms with Crippen molar-refractivity contribution in [1.29, 1.82) is 0 Å². The van der Waals surface area contributed by atoms with Gasteiger partial charge in [0.15, 0.2) is 11.5 Å². The number of nitrogens with one attached hydrogen (secondary N) is 2. The van der Waals surface area contributed by atoms with Gasteiger partial charge in [-0.05, 0) is 42.8 Å². The summed E-state index contributed by atoms with van der Waals surface area (Å²) in [6, 6.07) is 12.1. The van der Waals surface area contributed by atoms with E-state index in [0.29, 0.717) is 42.4 Å². The topological polar surface area (TPSA) is 85.9 Å². The van der Waals surface area contributed by atoms with E-state index >= 15 is 0 Å². The maximum Gasteiger partial charge on any atom is 0.251 e. The van der Waals surface area contributed by atoms with Gasteiger partial charge < -0.3 is 24.8 Å². The van der Waals surface area contributed by atoms with E-state index in [9.17, 15) is 9.59 Å². The van der Waals surface area contributed by atoms with E-state index in [4.69, 9.17) is 14.2 Å². The van der Waals surface area contributed by atoms with E-state index in [-0.39, 0.29) is 17.9 Å². The fraction of sp³-hybridized carbons (Fsp3) is 0.364. The first-order chi connectivity index (χ1) is 14.0. The Kier molecular flexibility index (Phi) is 8.48. The number of benzene rings is 2. The SMILES string of the molecule is CCC(=O)Nc1cccc(C(=O)NC(C)c2ccc(OCCOC)c(OC)c2)c1. The minimum Gasteiger partial charge on any atom is -0.493 e. The molecule has 0 saturated heterocycles. The molecule has 7 heteroatoms. The van der Waals surface area contributed by atoms with Crippen LogP contribution in [0, 0.1) is 0 Å². The van der Waals surface area contributed by atoms with Crippen LogP contribution in [0.4, 0.5) is 5.69 Å². The Morgan fingerprint density at radius 1 is 1.03 bits per heavy atom. The molecular formula is C22H28N2O5. The van der Waals surface area contributed by atoms with Crippen LogP contribution in [0.5, 0.6) is 11.5 Å². The lowest BCUT2D eigenvalue weighted by molar-refractivity contribution is -0.115. The molecule has 2 amide bonds. The Bertz CT molecular complexity index is 838. The van der Waals surface area contributed by atoms with E-state index < -0.39 is 0 Å². The van der Waals surface area contributed by atoms with Crippen molar-refractivity contribution in [3.8, 4) is 11.5 Å². The Hall–Kier alpha value is -3.06. The number of hydrogen-bond acceptors (Lipinski definition) is 5. The molecule has 7 nitrogen and oxygen atoms in total. The maximum absolute atomic E-state index is 12.6. The number of hydrogen-bond donors (Lipinski definition) is 2. The molecule has 0 fully saturated rings. The number of anilines is 1. The third-order valence-electron chi connectivity index (χ3n) is 4.31. The number of carbonyl (C=O) groups is 2. The molecule has 2 N–H and O–H groups in total. The van der Waals surface area contributed by atoms with Crippen LogP contribution in [-0.2, 0) is 9.53 Å². The van der Waals surface area contributed by atoms with Crippen molar-refractivity contribution < 1.29 is 23.8 Å². The van der Waals surface area contributed by atoms with Crippen LogP contribution in [0.1, 0.15) is 42.2 Å². The number of rotatable bonds is 10. The summed E-state index contributed by atoms with van der Waals surface area (Å²) in [7, 11) is 3.18. The summed E-state index contributed by atoms with van der Waals surface area (Å²) in [6.07, 6.45) is 0.375. The molecule has 2 aromatic carbocycles. The Morgan fingerprint density at radius 3 is 2.52 bits per heavy atom. The molecule has 156 valence electrons. The summed E-state index contributed by atoms with van der Waals surface area (Å²) < 4.78 is 16.0. The first-order valence-electron chi connectivity index (χ1n) is 9.49. The van der Waals surface area contributed by atoms with Crippen molar-refractivity contribution in [2.45, 2.75) is 26.3 Å². The van der Waals surface area contributed by atoms with Gasteiger partial charge in [-0.15, -0.1) is 0 Å². The van der Waals surface area contributed by atoms with E-state index in [2.05, 4.69) is 10.6 Å². The zero-order valence-electron chi connectivity index (χ0n) is 17.3. The third-order valence-corrected chi connectivity index (χ3v) is 4.31. The van der Waals surface area contributed by atoms with Crippen LogP contribution in [0.15, 0.2) is 42.5 Å². The minimum atomic E-state index is -0.252. The molecule has 0 aliphatic carbocycles. The van der Waals surface area contributed by atoms with Crippen molar-refractivity contribution in [3.63, 3.8) is 0 Å². The molecule has 2 aromatic rings. The molecule has 0 bridgehead atoms. The van der Waals surface area contributed by atoms with Gasteiger partial charge in [0.2, 0.25) is 5.91 Å². The second-order valence-electron chi connectivity index (χ2n) is 6.43. The van der Waals surface area contributed by atoms with Crippen molar-refractivity contribution in [2.75, 3.05) is 32.8 Å². The van der Waals surface area contributed by atoms with Gasteiger partial charge in [-0.2, -0.15) is 0 Å². The number of amides is 2. The van der Waals surface area contributed by atoms with Gasteiger partial charge in [-0.25, -0.2) is 0 Å². The summed E-state index contributed by atoms with van der Waals surface area (Å²) in [5.41, 5.74) is 1.94. The average Bonchev–Trinajstić information content (AvgIpc) is 2.74. The van der Waals surface area contributed by atoms with Crippen LogP contribution >= 0.6 is 0 Å². The van der Waals surface area contributed by atoms with E-state index in [1.165, 1.54) is 0 Å². The average molecular weight is 400 g/mol. The normalized spacial score (nSPS) is 11.4. The Morgan fingerprint density at radius 2 is 1.83 bits per heavy atom. The number of methoxy groups -OCH3 is 2. The zero-order chi connectivity index (χ0) is 21.2. The van der Waals surface area contributed by atoms with Gasteiger partial charge in [-0.3, -0.25) is 9.59 Å². The first kappa shape index (κ1) is 22.2. The second-order valence-corrected chi connectivity index (χ2v) is 6.43. The van der Waals surface area contributed by atoms with Crippen LogP contribution in [0.2, 0.25) is 0 Å². The molecule has 0 heterocycles. The largest absolute Gasteiger partial charge is 0.493 e. The Balaban J connectivity index is 2.07. The molecule has 0 spiro atoms. The lowest BCUT2D eigenvalue weighted by Gasteiger charge is -2.17. The summed E-state index contributed by atoms with van der Waals surface area (Å²) in [5, 5.41) is 5.72. The molecule has 1 atom stereocenters.